The lowest BCUT2D eigenvalue weighted by molar-refractivity contribution is 0.588. The highest BCUT2D eigenvalue weighted by molar-refractivity contribution is 8.33. The summed E-state index contributed by atoms with van der Waals surface area (Å²) in [6.45, 7) is 26.4. The molecule has 6 rings (SSSR count). The van der Waals surface area contributed by atoms with Crippen LogP contribution in [0.15, 0.2) is 94.7 Å². The molecule has 0 bridgehead atoms. The molecule has 1 heteroatoms. The fraction of sp³-hybridized carbons (Fsp3) is 0.364. The first-order valence-corrected chi connectivity index (χ1v) is 19.3. The zero-order chi connectivity index (χ0) is 33.5. The van der Waals surface area contributed by atoms with Crippen LogP contribution in [0.3, 0.4) is 0 Å². The van der Waals surface area contributed by atoms with E-state index in [1.807, 2.05) is 27.7 Å². The van der Waals surface area contributed by atoms with Crippen LogP contribution in [-0.4, -0.2) is 12.5 Å². The molecule has 0 aliphatic carbocycles. The zero-order valence-corrected chi connectivity index (χ0v) is 31.3. The van der Waals surface area contributed by atoms with Crippen molar-refractivity contribution in [1.82, 2.24) is 0 Å². The van der Waals surface area contributed by atoms with E-state index in [4.69, 9.17) is 0 Å². The van der Waals surface area contributed by atoms with E-state index in [1.54, 1.807) is 0 Å². The van der Waals surface area contributed by atoms with Gasteiger partial charge >= 0.3 is 0 Å². The Morgan fingerprint density at radius 2 is 1.09 bits per heavy atom. The predicted octanol–water partition coefficient (Wildman–Crippen LogP) is 14.0. The van der Waals surface area contributed by atoms with Crippen molar-refractivity contribution in [3.63, 3.8) is 0 Å². The number of benzene rings is 4. The van der Waals surface area contributed by atoms with Crippen LogP contribution in [0.25, 0.3) is 43.4 Å². The molecule has 0 aromatic heterocycles. The van der Waals surface area contributed by atoms with Gasteiger partial charge in [0.2, 0.25) is 0 Å². The first-order valence-electron chi connectivity index (χ1n) is 16.8. The van der Waals surface area contributed by atoms with Gasteiger partial charge in [0, 0.05) is 15.2 Å². The Morgan fingerprint density at radius 3 is 1.73 bits per heavy atom. The van der Waals surface area contributed by atoms with Gasteiger partial charge in [0.05, 0.1) is 0 Å². The summed E-state index contributed by atoms with van der Waals surface area (Å²) in [5.74, 6) is 0. The molecule has 0 atom stereocenters. The summed E-state index contributed by atoms with van der Waals surface area (Å²) in [5, 5.41) is 8.16. The summed E-state index contributed by atoms with van der Waals surface area (Å²) in [4.78, 5) is 3.02. The molecule has 238 valence electrons. The van der Waals surface area contributed by atoms with Gasteiger partial charge in [0.15, 0.2) is 0 Å². The highest BCUT2D eigenvalue weighted by Gasteiger charge is 2.32. The van der Waals surface area contributed by atoms with E-state index < -0.39 is 10.0 Å². The summed E-state index contributed by atoms with van der Waals surface area (Å²) >= 11 is 0. The van der Waals surface area contributed by atoms with Crippen molar-refractivity contribution in [1.29, 1.82) is 0 Å². The molecule has 0 amide bonds. The molecule has 0 nitrogen and oxygen atoms in total. The Morgan fingerprint density at radius 1 is 0.489 bits per heavy atom. The second-order valence-corrected chi connectivity index (χ2v) is 18.0. The highest BCUT2D eigenvalue weighted by Crippen LogP contribution is 2.66. The van der Waals surface area contributed by atoms with Crippen LogP contribution in [0.4, 0.5) is 0 Å². The lowest BCUT2D eigenvalue weighted by atomic mass is 9.84. The van der Waals surface area contributed by atoms with Gasteiger partial charge in [-0.25, -0.2) is 0 Å². The van der Waals surface area contributed by atoms with Gasteiger partial charge in [-0.3, -0.25) is 0 Å². The number of hydrogen-bond acceptors (Lipinski definition) is 0. The molecule has 5 aromatic rings. The maximum atomic E-state index is 2.51. The average Bonchev–Trinajstić information content (AvgIpc) is 2.99. The lowest BCUT2D eigenvalue weighted by Crippen LogP contribution is -2.13. The molecule has 0 saturated carbocycles. The predicted molar refractivity (Wildman–Crippen MR) is 208 cm³/mol. The molecule has 1 aliphatic rings. The summed E-state index contributed by atoms with van der Waals surface area (Å²) < 4.78 is 0. The Labute approximate surface area is 275 Å². The maximum absolute atomic E-state index is 2.51. The van der Waals surface area contributed by atoms with Crippen molar-refractivity contribution in [3.8, 4) is 11.1 Å². The van der Waals surface area contributed by atoms with Crippen LogP contribution in [0.5, 0.6) is 0 Å². The van der Waals surface area contributed by atoms with E-state index in [0.717, 1.165) is 0 Å². The van der Waals surface area contributed by atoms with Crippen molar-refractivity contribution in [3.05, 3.63) is 107 Å². The van der Waals surface area contributed by atoms with Gasteiger partial charge < -0.3 is 0 Å². The summed E-state index contributed by atoms with van der Waals surface area (Å²) in [6, 6.07) is 33.1. The smallest absolute Gasteiger partial charge is 0.00320 e. The Hall–Kier alpha value is -3.29. The summed E-state index contributed by atoms with van der Waals surface area (Å²) in [5.41, 5.74) is 8.30. The first-order chi connectivity index (χ1) is 21.2. The highest BCUT2D eigenvalue weighted by atomic mass is 32.3. The van der Waals surface area contributed by atoms with Gasteiger partial charge in [-0.05, 0) is 110 Å². The molecule has 0 spiro atoms. The van der Waals surface area contributed by atoms with Gasteiger partial charge in [-0.15, -0.1) is 0 Å². The SMILES string of the molecule is CC.CC.Cc1cccc2ccc3c4c(cc5ccc(C)c(ccc(C(C)(C)C)c1)c5c24)-c1ccc(C(C)(C)C)cc1S3(C)C. The third-order valence-corrected chi connectivity index (χ3v) is 11.9. The number of hydrogen-bond donors (Lipinski definition) is 0. The largest absolute Gasteiger partial charge is 0.192 e. The fourth-order valence-corrected chi connectivity index (χ4v) is 9.05. The van der Waals surface area contributed by atoms with Crippen molar-refractivity contribution >= 4 is 42.3 Å². The second-order valence-electron chi connectivity index (χ2n) is 14.5. The molecule has 1 heterocycles. The van der Waals surface area contributed by atoms with E-state index in [2.05, 4.69) is 153 Å². The maximum Gasteiger partial charge on any atom is 0.00320 e. The summed E-state index contributed by atoms with van der Waals surface area (Å²) in [7, 11) is -1.23. The van der Waals surface area contributed by atoms with E-state index in [9.17, 15) is 0 Å². The molecular weight excluding hydrogens is 561 g/mol. The molecule has 0 unspecified atom stereocenters. The Balaban J connectivity index is 0.00000111. The van der Waals surface area contributed by atoms with Gasteiger partial charge in [-0.1, -0.05) is 142 Å². The monoisotopic (exact) mass is 616 g/mol. The van der Waals surface area contributed by atoms with Crippen molar-refractivity contribution in [2.24, 2.45) is 0 Å². The average molecular weight is 617 g/mol. The normalized spacial score (nSPS) is 14.0. The minimum atomic E-state index is -1.23. The van der Waals surface area contributed by atoms with Gasteiger partial charge in [0.1, 0.15) is 0 Å². The number of fused-ring (bicyclic) bond motifs is 2. The van der Waals surface area contributed by atoms with Crippen LogP contribution in [0.2, 0.25) is 0 Å². The quantitative estimate of drug-likeness (QED) is 0.152. The summed E-state index contributed by atoms with van der Waals surface area (Å²) in [6.07, 6.45) is 5.00. The minimum absolute atomic E-state index is 0.0509. The molecule has 0 N–H and O–H groups in total. The van der Waals surface area contributed by atoms with E-state index in [1.165, 1.54) is 75.5 Å². The van der Waals surface area contributed by atoms with Crippen molar-refractivity contribution < 1.29 is 0 Å². The van der Waals surface area contributed by atoms with Crippen LogP contribution in [-0.2, 0) is 10.8 Å². The number of aryl methyl sites for hydroxylation is 2. The van der Waals surface area contributed by atoms with Crippen LogP contribution >= 0.6 is 10.0 Å². The molecular formula is C44H56S. The third-order valence-electron chi connectivity index (χ3n) is 9.07. The van der Waals surface area contributed by atoms with E-state index in [-0.39, 0.29) is 10.8 Å². The molecule has 0 fully saturated rings. The van der Waals surface area contributed by atoms with Crippen LogP contribution in [0, 0.1) is 13.8 Å². The molecule has 0 radical (unpaired) electrons. The topological polar surface area (TPSA) is 0 Å². The minimum Gasteiger partial charge on any atom is -0.192 e. The standard InChI is InChI=1S/C40H44S.2C2H6/c1-25-12-11-13-27-16-21-34-38-33(32-20-18-30(40(6,7)8)24-35(32)41(34,9)10)23-28-15-14-26(2)31(36(28)37(27)38)19-17-29(22-25)39(3,4)5;2*1-2/h11-24H,1-10H3;2*1-2H3. The Bertz CT molecular complexity index is 1940. The van der Waals surface area contributed by atoms with Gasteiger partial charge in [-0.2, -0.15) is 10.0 Å². The van der Waals surface area contributed by atoms with Crippen molar-refractivity contribution in [2.45, 2.75) is 104 Å². The molecule has 5 aromatic carbocycles. The van der Waals surface area contributed by atoms with Crippen LogP contribution < -0.4 is 0 Å². The first kappa shape index (κ1) is 34.6. The number of rotatable bonds is 0. The van der Waals surface area contributed by atoms with E-state index in [0.29, 0.717) is 0 Å². The van der Waals surface area contributed by atoms with Crippen LogP contribution in [0.1, 0.15) is 91.5 Å². The van der Waals surface area contributed by atoms with E-state index >= 15 is 0 Å². The molecule has 1 aliphatic heterocycles. The fourth-order valence-electron chi connectivity index (χ4n) is 6.53. The lowest BCUT2D eigenvalue weighted by Gasteiger charge is -2.41. The zero-order valence-electron chi connectivity index (χ0n) is 30.5. The van der Waals surface area contributed by atoms with Gasteiger partial charge in [0.25, 0.3) is 0 Å². The Kier molecular flexibility index (Phi) is 9.87. The molecule has 45 heavy (non-hydrogen) atoms. The third kappa shape index (κ3) is 6.26. The molecule has 0 saturated heterocycles. The van der Waals surface area contributed by atoms with Crippen molar-refractivity contribution in [2.75, 3.05) is 12.5 Å². The second kappa shape index (κ2) is 12.8.